The second-order valence-corrected chi connectivity index (χ2v) is 2.74. The summed E-state index contributed by atoms with van der Waals surface area (Å²) in [7, 11) is 0. The highest BCUT2D eigenvalue weighted by Gasteiger charge is 2.16. The van der Waals surface area contributed by atoms with E-state index in [0.717, 1.165) is 19.4 Å². The van der Waals surface area contributed by atoms with E-state index in [0.29, 0.717) is 6.61 Å². The Morgan fingerprint density at radius 2 is 2.64 bits per heavy atom. The number of nitrogens with zero attached hydrogens (tertiary/aromatic N) is 1. The minimum absolute atomic E-state index is 0.228. The molecular formula is C8H13NO2. The van der Waals surface area contributed by atoms with Gasteiger partial charge < -0.3 is 9.47 Å². The number of ether oxygens (including phenoxy) is 2. The molecule has 0 spiro atoms. The molecule has 0 radical (unpaired) electrons. The molecule has 0 amide bonds. The SMILES string of the molecule is CC(C#N)OCC1CCCO1. The van der Waals surface area contributed by atoms with E-state index in [1.165, 1.54) is 0 Å². The lowest BCUT2D eigenvalue weighted by atomic mass is 10.2. The molecule has 3 heteroatoms. The van der Waals surface area contributed by atoms with Crippen LogP contribution in [-0.4, -0.2) is 25.4 Å². The highest BCUT2D eigenvalue weighted by atomic mass is 16.5. The molecule has 1 saturated heterocycles. The van der Waals surface area contributed by atoms with E-state index in [-0.39, 0.29) is 12.2 Å². The predicted octanol–water partition coefficient (Wildman–Crippen LogP) is 1.09. The van der Waals surface area contributed by atoms with Gasteiger partial charge in [-0.3, -0.25) is 0 Å². The fraction of sp³-hybridized carbons (Fsp3) is 0.875. The van der Waals surface area contributed by atoms with Crippen molar-refractivity contribution in [2.24, 2.45) is 0 Å². The van der Waals surface area contributed by atoms with Crippen molar-refractivity contribution in [2.45, 2.75) is 32.0 Å². The lowest BCUT2D eigenvalue weighted by molar-refractivity contribution is 0.00317. The van der Waals surface area contributed by atoms with Gasteiger partial charge in [-0.25, -0.2) is 0 Å². The minimum Gasteiger partial charge on any atom is -0.376 e. The highest BCUT2D eigenvalue weighted by molar-refractivity contribution is 4.79. The van der Waals surface area contributed by atoms with Gasteiger partial charge in [0.05, 0.1) is 18.8 Å². The van der Waals surface area contributed by atoms with E-state index in [1.54, 1.807) is 6.92 Å². The molecule has 62 valence electrons. The Kier molecular flexibility index (Phi) is 3.34. The molecule has 1 heterocycles. The Balaban J connectivity index is 2.07. The largest absolute Gasteiger partial charge is 0.376 e. The highest BCUT2D eigenvalue weighted by Crippen LogP contribution is 2.12. The summed E-state index contributed by atoms with van der Waals surface area (Å²) in [5.74, 6) is 0. The Morgan fingerprint density at radius 1 is 1.82 bits per heavy atom. The van der Waals surface area contributed by atoms with Crippen LogP contribution in [0, 0.1) is 11.3 Å². The van der Waals surface area contributed by atoms with Crippen LogP contribution in [0.3, 0.4) is 0 Å². The van der Waals surface area contributed by atoms with Gasteiger partial charge in [-0.1, -0.05) is 0 Å². The van der Waals surface area contributed by atoms with Crippen molar-refractivity contribution >= 4 is 0 Å². The first kappa shape index (κ1) is 8.51. The maximum Gasteiger partial charge on any atom is 0.141 e. The van der Waals surface area contributed by atoms with Gasteiger partial charge in [-0.15, -0.1) is 0 Å². The van der Waals surface area contributed by atoms with Crippen molar-refractivity contribution in [3.05, 3.63) is 0 Å². The van der Waals surface area contributed by atoms with Crippen molar-refractivity contribution in [1.82, 2.24) is 0 Å². The summed E-state index contributed by atoms with van der Waals surface area (Å²) < 4.78 is 10.5. The van der Waals surface area contributed by atoms with Gasteiger partial charge in [0.1, 0.15) is 6.10 Å². The zero-order valence-electron chi connectivity index (χ0n) is 6.75. The van der Waals surface area contributed by atoms with Crippen LogP contribution < -0.4 is 0 Å². The second kappa shape index (κ2) is 4.32. The molecule has 0 aromatic rings. The predicted molar refractivity (Wildman–Crippen MR) is 40.0 cm³/mol. The lowest BCUT2D eigenvalue weighted by Crippen LogP contribution is -2.18. The monoisotopic (exact) mass is 155 g/mol. The van der Waals surface area contributed by atoms with E-state index in [9.17, 15) is 0 Å². The average molecular weight is 155 g/mol. The van der Waals surface area contributed by atoms with Crippen molar-refractivity contribution in [3.63, 3.8) is 0 Å². The Bertz CT molecular complexity index is 147. The van der Waals surface area contributed by atoms with Crippen LogP contribution in [-0.2, 0) is 9.47 Å². The Labute approximate surface area is 66.9 Å². The third-order valence-corrected chi connectivity index (χ3v) is 1.74. The number of nitriles is 1. The molecule has 0 bridgehead atoms. The summed E-state index contributed by atoms with van der Waals surface area (Å²) in [5.41, 5.74) is 0. The zero-order chi connectivity index (χ0) is 8.10. The van der Waals surface area contributed by atoms with Gasteiger partial charge in [0, 0.05) is 6.61 Å². The molecular weight excluding hydrogens is 142 g/mol. The average Bonchev–Trinajstić information content (AvgIpc) is 2.52. The van der Waals surface area contributed by atoms with Gasteiger partial charge in [0.2, 0.25) is 0 Å². The standard InChI is InChI=1S/C8H13NO2/c1-7(5-9)11-6-8-3-2-4-10-8/h7-8H,2-4,6H2,1H3. The Hall–Kier alpha value is -0.590. The molecule has 0 saturated carbocycles. The van der Waals surface area contributed by atoms with Crippen LogP contribution in [0.5, 0.6) is 0 Å². The molecule has 0 N–H and O–H groups in total. The minimum atomic E-state index is -0.306. The number of rotatable bonds is 3. The van der Waals surface area contributed by atoms with Gasteiger partial charge in [-0.05, 0) is 19.8 Å². The first-order valence-electron chi connectivity index (χ1n) is 3.95. The molecule has 11 heavy (non-hydrogen) atoms. The molecule has 0 aromatic heterocycles. The van der Waals surface area contributed by atoms with Crippen molar-refractivity contribution in [1.29, 1.82) is 5.26 Å². The van der Waals surface area contributed by atoms with Crippen LogP contribution in [0.1, 0.15) is 19.8 Å². The van der Waals surface area contributed by atoms with E-state index in [1.807, 2.05) is 6.07 Å². The molecule has 1 rings (SSSR count). The lowest BCUT2D eigenvalue weighted by Gasteiger charge is -2.10. The van der Waals surface area contributed by atoms with Crippen molar-refractivity contribution in [2.75, 3.05) is 13.2 Å². The maximum atomic E-state index is 8.39. The zero-order valence-corrected chi connectivity index (χ0v) is 6.75. The third-order valence-electron chi connectivity index (χ3n) is 1.74. The van der Waals surface area contributed by atoms with Crippen LogP contribution in [0.4, 0.5) is 0 Å². The van der Waals surface area contributed by atoms with Crippen molar-refractivity contribution in [3.8, 4) is 6.07 Å². The smallest absolute Gasteiger partial charge is 0.141 e. The van der Waals surface area contributed by atoms with Gasteiger partial charge in [0.25, 0.3) is 0 Å². The molecule has 3 nitrogen and oxygen atoms in total. The normalized spacial score (nSPS) is 26.4. The molecule has 0 aromatic carbocycles. The van der Waals surface area contributed by atoms with Gasteiger partial charge in [-0.2, -0.15) is 5.26 Å². The fourth-order valence-electron chi connectivity index (χ4n) is 1.06. The van der Waals surface area contributed by atoms with E-state index < -0.39 is 0 Å². The van der Waals surface area contributed by atoms with Crippen LogP contribution >= 0.6 is 0 Å². The first-order valence-corrected chi connectivity index (χ1v) is 3.95. The van der Waals surface area contributed by atoms with Crippen LogP contribution in [0.15, 0.2) is 0 Å². The summed E-state index contributed by atoms with van der Waals surface area (Å²) >= 11 is 0. The summed E-state index contributed by atoms with van der Waals surface area (Å²) in [5, 5.41) is 8.39. The molecule has 1 aliphatic rings. The topological polar surface area (TPSA) is 42.2 Å². The first-order chi connectivity index (χ1) is 5.33. The van der Waals surface area contributed by atoms with Gasteiger partial charge >= 0.3 is 0 Å². The Morgan fingerprint density at radius 3 is 3.18 bits per heavy atom. The number of hydrogen-bond acceptors (Lipinski definition) is 3. The maximum absolute atomic E-state index is 8.39. The number of hydrogen-bond donors (Lipinski definition) is 0. The van der Waals surface area contributed by atoms with E-state index in [2.05, 4.69) is 0 Å². The summed E-state index contributed by atoms with van der Waals surface area (Å²) in [6.07, 6.45) is 2.11. The fourth-order valence-corrected chi connectivity index (χ4v) is 1.06. The van der Waals surface area contributed by atoms with E-state index >= 15 is 0 Å². The summed E-state index contributed by atoms with van der Waals surface area (Å²) in [4.78, 5) is 0. The quantitative estimate of drug-likeness (QED) is 0.612. The van der Waals surface area contributed by atoms with Crippen molar-refractivity contribution < 1.29 is 9.47 Å². The van der Waals surface area contributed by atoms with E-state index in [4.69, 9.17) is 14.7 Å². The molecule has 0 aliphatic carbocycles. The molecule has 1 fully saturated rings. The molecule has 2 unspecified atom stereocenters. The third kappa shape index (κ3) is 2.87. The van der Waals surface area contributed by atoms with Gasteiger partial charge in [0.15, 0.2) is 0 Å². The molecule has 2 atom stereocenters. The van der Waals surface area contributed by atoms with Crippen LogP contribution in [0.25, 0.3) is 0 Å². The molecule has 1 aliphatic heterocycles. The summed E-state index contributed by atoms with van der Waals surface area (Å²) in [6, 6.07) is 2.01. The van der Waals surface area contributed by atoms with Crippen LogP contribution in [0.2, 0.25) is 0 Å². The summed E-state index contributed by atoms with van der Waals surface area (Å²) in [6.45, 7) is 3.15. The second-order valence-electron chi connectivity index (χ2n) is 2.74.